The Labute approximate surface area is 121 Å². The minimum atomic E-state index is -0.540. The summed E-state index contributed by atoms with van der Waals surface area (Å²) in [7, 11) is 0. The van der Waals surface area contributed by atoms with E-state index in [0.29, 0.717) is 12.8 Å². The number of benzene rings is 1. The molecular weight excluding hydrogens is 254 g/mol. The summed E-state index contributed by atoms with van der Waals surface area (Å²) < 4.78 is 5.62. The van der Waals surface area contributed by atoms with Gasteiger partial charge >= 0.3 is 0 Å². The van der Waals surface area contributed by atoms with E-state index in [9.17, 15) is 9.90 Å². The van der Waals surface area contributed by atoms with E-state index >= 15 is 0 Å². The monoisotopic (exact) mass is 279 g/mol. The molecule has 1 amide bonds. The highest BCUT2D eigenvalue weighted by Gasteiger charge is 2.27. The second-order valence-electron chi connectivity index (χ2n) is 5.20. The second-order valence-corrected chi connectivity index (χ2v) is 5.20. The second kappa shape index (κ2) is 7.29. The molecule has 0 saturated carbocycles. The van der Waals surface area contributed by atoms with Crippen molar-refractivity contribution < 1.29 is 14.6 Å². The number of aliphatic hydroxyl groups is 1. The lowest BCUT2D eigenvalue weighted by Gasteiger charge is -2.30. The molecule has 4 nitrogen and oxygen atoms in total. The van der Waals surface area contributed by atoms with Crippen LogP contribution in [0.2, 0.25) is 0 Å². The van der Waals surface area contributed by atoms with E-state index in [1.165, 1.54) is 0 Å². The van der Waals surface area contributed by atoms with E-state index in [1.807, 2.05) is 45.9 Å². The van der Waals surface area contributed by atoms with Gasteiger partial charge in [0.25, 0.3) is 5.91 Å². The summed E-state index contributed by atoms with van der Waals surface area (Å²) in [4.78, 5) is 12.0. The van der Waals surface area contributed by atoms with Crippen LogP contribution in [0, 0.1) is 13.8 Å². The maximum absolute atomic E-state index is 12.0. The smallest absolute Gasteiger partial charge is 0.258 e. The zero-order chi connectivity index (χ0) is 15.2. The third-order valence-electron chi connectivity index (χ3n) is 3.82. The fourth-order valence-electron chi connectivity index (χ4n) is 2.19. The number of hydrogen-bond donors (Lipinski definition) is 2. The predicted molar refractivity (Wildman–Crippen MR) is 80.0 cm³/mol. The van der Waals surface area contributed by atoms with Crippen molar-refractivity contribution >= 4 is 5.91 Å². The average Bonchev–Trinajstić information content (AvgIpc) is 2.44. The van der Waals surface area contributed by atoms with Gasteiger partial charge in [-0.2, -0.15) is 0 Å². The van der Waals surface area contributed by atoms with Crippen LogP contribution < -0.4 is 10.1 Å². The molecule has 4 heteroatoms. The molecule has 2 N–H and O–H groups in total. The van der Waals surface area contributed by atoms with Crippen LogP contribution >= 0.6 is 0 Å². The van der Waals surface area contributed by atoms with Crippen LogP contribution in [-0.2, 0) is 4.79 Å². The number of amides is 1. The van der Waals surface area contributed by atoms with Crippen molar-refractivity contribution in [2.75, 3.05) is 13.2 Å². The summed E-state index contributed by atoms with van der Waals surface area (Å²) in [5.74, 6) is 0.552. The molecule has 0 fully saturated rings. The average molecular weight is 279 g/mol. The molecule has 1 aromatic rings. The van der Waals surface area contributed by atoms with Gasteiger partial charge in [0.2, 0.25) is 0 Å². The maximum Gasteiger partial charge on any atom is 0.258 e. The van der Waals surface area contributed by atoms with Crippen LogP contribution in [0.1, 0.15) is 37.8 Å². The number of aliphatic hydroxyl groups excluding tert-OH is 1. The Hall–Kier alpha value is -1.55. The van der Waals surface area contributed by atoms with Crippen molar-refractivity contribution in [3.8, 4) is 5.75 Å². The minimum absolute atomic E-state index is 0.0343. The van der Waals surface area contributed by atoms with Gasteiger partial charge in [0.05, 0.1) is 12.1 Å². The van der Waals surface area contributed by atoms with Crippen molar-refractivity contribution in [1.29, 1.82) is 0 Å². The number of carbonyl (C=O) groups is 1. The Morgan fingerprint density at radius 1 is 1.25 bits per heavy atom. The van der Waals surface area contributed by atoms with E-state index in [1.54, 1.807) is 0 Å². The van der Waals surface area contributed by atoms with Crippen LogP contribution in [-0.4, -0.2) is 29.8 Å². The van der Waals surface area contributed by atoms with Crippen molar-refractivity contribution in [1.82, 2.24) is 5.32 Å². The van der Waals surface area contributed by atoms with Gasteiger partial charge in [-0.3, -0.25) is 4.79 Å². The van der Waals surface area contributed by atoms with E-state index < -0.39 is 5.54 Å². The number of aryl methyl sites for hydroxylation is 2. The summed E-state index contributed by atoms with van der Waals surface area (Å²) in [6.07, 6.45) is 1.38. The quantitative estimate of drug-likeness (QED) is 0.805. The summed E-state index contributed by atoms with van der Waals surface area (Å²) in [5.41, 5.74) is 1.48. The third kappa shape index (κ3) is 3.97. The van der Waals surface area contributed by atoms with Gasteiger partial charge in [0, 0.05) is 0 Å². The molecule has 20 heavy (non-hydrogen) atoms. The zero-order valence-electron chi connectivity index (χ0n) is 12.8. The number of para-hydroxylation sites is 1. The molecule has 0 heterocycles. The number of nitrogens with one attached hydrogen (secondary N) is 1. The first-order valence-electron chi connectivity index (χ1n) is 7.09. The Kier molecular flexibility index (Phi) is 6.02. The standard InChI is InChI=1S/C16H25NO3/c1-5-16(6-2,11-18)17-14(19)10-20-15-12(3)8-7-9-13(15)4/h7-9,18H,5-6,10-11H2,1-4H3,(H,17,19). The van der Waals surface area contributed by atoms with Crippen LogP contribution in [0.5, 0.6) is 5.75 Å². The van der Waals surface area contributed by atoms with Crippen molar-refractivity contribution in [2.45, 2.75) is 46.1 Å². The van der Waals surface area contributed by atoms with Gasteiger partial charge in [-0.25, -0.2) is 0 Å². The largest absolute Gasteiger partial charge is 0.483 e. The summed E-state index contributed by atoms with van der Waals surface area (Å²) >= 11 is 0. The molecular formula is C16H25NO3. The van der Waals surface area contributed by atoms with Gasteiger partial charge in [-0.15, -0.1) is 0 Å². The summed E-state index contributed by atoms with van der Waals surface area (Å²) in [5, 5.41) is 12.3. The molecule has 112 valence electrons. The minimum Gasteiger partial charge on any atom is -0.483 e. The van der Waals surface area contributed by atoms with E-state index in [0.717, 1.165) is 16.9 Å². The summed E-state index contributed by atoms with van der Waals surface area (Å²) in [6.45, 7) is 7.72. The molecule has 0 aromatic heterocycles. The molecule has 0 saturated heterocycles. The molecule has 0 radical (unpaired) electrons. The molecule has 1 rings (SSSR count). The molecule has 0 bridgehead atoms. The maximum atomic E-state index is 12.0. The van der Waals surface area contributed by atoms with Gasteiger partial charge in [-0.1, -0.05) is 32.0 Å². The first-order valence-corrected chi connectivity index (χ1v) is 7.09. The number of carbonyl (C=O) groups excluding carboxylic acids is 1. The predicted octanol–water partition coefficient (Wildman–Crippen LogP) is 2.35. The van der Waals surface area contributed by atoms with Crippen molar-refractivity contribution in [2.24, 2.45) is 0 Å². The zero-order valence-corrected chi connectivity index (χ0v) is 12.8. The molecule has 0 aliphatic rings. The molecule has 0 spiro atoms. The lowest BCUT2D eigenvalue weighted by Crippen LogP contribution is -2.51. The molecule has 0 aliphatic carbocycles. The first kappa shape index (κ1) is 16.5. The van der Waals surface area contributed by atoms with Crippen LogP contribution in [0.3, 0.4) is 0 Å². The third-order valence-corrected chi connectivity index (χ3v) is 3.82. The van der Waals surface area contributed by atoms with Gasteiger partial charge in [0.1, 0.15) is 5.75 Å². The fourth-order valence-corrected chi connectivity index (χ4v) is 2.19. The van der Waals surface area contributed by atoms with Crippen LogP contribution in [0.25, 0.3) is 0 Å². The van der Waals surface area contributed by atoms with Crippen LogP contribution in [0.4, 0.5) is 0 Å². The first-order chi connectivity index (χ1) is 9.48. The number of ether oxygens (including phenoxy) is 1. The lowest BCUT2D eigenvalue weighted by molar-refractivity contribution is -0.125. The Bertz CT molecular complexity index is 425. The van der Waals surface area contributed by atoms with Gasteiger partial charge in [0.15, 0.2) is 6.61 Å². The number of rotatable bonds is 7. The normalized spacial score (nSPS) is 11.2. The van der Waals surface area contributed by atoms with Crippen molar-refractivity contribution in [3.63, 3.8) is 0 Å². The molecule has 0 aliphatic heterocycles. The van der Waals surface area contributed by atoms with E-state index in [4.69, 9.17) is 4.74 Å². The lowest BCUT2D eigenvalue weighted by atomic mass is 9.94. The molecule has 1 aromatic carbocycles. The topological polar surface area (TPSA) is 58.6 Å². The highest BCUT2D eigenvalue weighted by atomic mass is 16.5. The fraction of sp³-hybridized carbons (Fsp3) is 0.562. The van der Waals surface area contributed by atoms with Crippen LogP contribution in [0.15, 0.2) is 18.2 Å². The highest BCUT2D eigenvalue weighted by molar-refractivity contribution is 5.78. The Morgan fingerprint density at radius 3 is 2.25 bits per heavy atom. The van der Waals surface area contributed by atoms with Crippen molar-refractivity contribution in [3.05, 3.63) is 29.3 Å². The highest BCUT2D eigenvalue weighted by Crippen LogP contribution is 2.22. The van der Waals surface area contributed by atoms with Gasteiger partial charge in [-0.05, 0) is 37.8 Å². The SMILES string of the molecule is CCC(CC)(CO)NC(=O)COc1c(C)cccc1C. The molecule has 0 atom stereocenters. The van der Waals surface area contributed by atoms with E-state index in [2.05, 4.69) is 5.32 Å². The van der Waals surface area contributed by atoms with Gasteiger partial charge < -0.3 is 15.2 Å². The molecule has 0 unspecified atom stereocenters. The Balaban J connectivity index is 2.64. The summed E-state index contributed by atoms with van der Waals surface area (Å²) in [6, 6.07) is 5.87. The van der Waals surface area contributed by atoms with E-state index in [-0.39, 0.29) is 19.1 Å². The number of hydrogen-bond acceptors (Lipinski definition) is 3. The Morgan fingerprint density at radius 2 is 1.80 bits per heavy atom.